The quantitative estimate of drug-likeness (QED) is 0.873. The number of nitriles is 1. The number of thioether (sulfide) groups is 1. The van der Waals surface area contributed by atoms with Crippen LogP contribution in [-0.2, 0) is 10.0 Å². The molecule has 1 rings (SSSR count). The van der Waals surface area contributed by atoms with Gasteiger partial charge in [0.05, 0.1) is 16.5 Å². The Hall–Kier alpha value is -1.03. The molecule has 1 unspecified atom stereocenters. The minimum absolute atomic E-state index is 0.183. The number of nitrogens with zero attached hydrogens (tertiary/aromatic N) is 1. The summed E-state index contributed by atoms with van der Waals surface area (Å²) in [5, 5.41) is 8.84. The molecule has 0 amide bonds. The molecule has 0 fully saturated rings. The molecule has 0 radical (unpaired) electrons. The van der Waals surface area contributed by atoms with Gasteiger partial charge in [-0.3, -0.25) is 0 Å². The molecule has 0 aliphatic rings. The van der Waals surface area contributed by atoms with Crippen molar-refractivity contribution < 1.29 is 8.42 Å². The van der Waals surface area contributed by atoms with E-state index in [2.05, 4.69) is 4.72 Å². The lowest BCUT2D eigenvalue weighted by Gasteiger charge is -2.13. The van der Waals surface area contributed by atoms with Crippen LogP contribution in [0.3, 0.4) is 0 Å². The third-order valence-electron chi connectivity index (χ3n) is 2.68. The molecular formula is C13H18N2O2S2. The Labute approximate surface area is 119 Å². The molecule has 0 aliphatic heterocycles. The van der Waals surface area contributed by atoms with Crippen molar-refractivity contribution in [2.75, 3.05) is 18.6 Å². The van der Waals surface area contributed by atoms with Gasteiger partial charge in [-0.25, -0.2) is 13.1 Å². The Morgan fingerprint density at radius 1 is 1.47 bits per heavy atom. The zero-order valence-electron chi connectivity index (χ0n) is 11.3. The maximum absolute atomic E-state index is 12.2. The second-order valence-corrected chi connectivity index (χ2v) is 7.15. The van der Waals surface area contributed by atoms with Gasteiger partial charge in [0, 0.05) is 6.54 Å². The minimum Gasteiger partial charge on any atom is -0.211 e. The van der Waals surface area contributed by atoms with E-state index in [1.807, 2.05) is 19.2 Å². The maximum Gasteiger partial charge on any atom is 0.240 e. The molecule has 0 bridgehead atoms. The third-order valence-corrected chi connectivity index (χ3v) is 5.15. The van der Waals surface area contributed by atoms with Gasteiger partial charge in [0.25, 0.3) is 0 Å². The second kappa shape index (κ2) is 6.94. The summed E-state index contributed by atoms with van der Waals surface area (Å²) in [7, 11) is -3.55. The fourth-order valence-corrected chi connectivity index (χ4v) is 3.75. The fourth-order valence-electron chi connectivity index (χ4n) is 1.63. The summed E-state index contributed by atoms with van der Waals surface area (Å²) < 4.78 is 27.0. The number of nitrogens with one attached hydrogen (secondary N) is 1. The lowest BCUT2D eigenvalue weighted by atomic mass is 10.2. The molecular weight excluding hydrogens is 280 g/mol. The van der Waals surface area contributed by atoms with Gasteiger partial charge < -0.3 is 0 Å². The average molecular weight is 298 g/mol. The summed E-state index contributed by atoms with van der Waals surface area (Å²) in [5.41, 5.74) is 0.993. The highest BCUT2D eigenvalue weighted by molar-refractivity contribution is 7.98. The first-order valence-electron chi connectivity index (χ1n) is 5.90. The van der Waals surface area contributed by atoms with Gasteiger partial charge in [-0.05, 0) is 42.5 Å². The molecule has 0 spiro atoms. The highest BCUT2D eigenvalue weighted by Crippen LogP contribution is 2.17. The smallest absolute Gasteiger partial charge is 0.211 e. The van der Waals surface area contributed by atoms with E-state index in [4.69, 9.17) is 5.26 Å². The van der Waals surface area contributed by atoms with Crippen molar-refractivity contribution in [1.29, 1.82) is 5.26 Å². The van der Waals surface area contributed by atoms with E-state index < -0.39 is 10.0 Å². The highest BCUT2D eigenvalue weighted by atomic mass is 32.2. The lowest BCUT2D eigenvalue weighted by Crippen LogP contribution is -2.29. The van der Waals surface area contributed by atoms with Crippen molar-refractivity contribution in [2.24, 2.45) is 5.92 Å². The molecule has 0 saturated carbocycles. The molecule has 1 aromatic carbocycles. The van der Waals surface area contributed by atoms with Crippen molar-refractivity contribution in [3.63, 3.8) is 0 Å². The summed E-state index contributed by atoms with van der Waals surface area (Å²) in [6.07, 6.45) is 1.99. The van der Waals surface area contributed by atoms with Gasteiger partial charge >= 0.3 is 0 Å². The number of aryl methyl sites for hydroxylation is 1. The molecule has 0 heterocycles. The van der Waals surface area contributed by atoms with E-state index in [1.54, 1.807) is 30.8 Å². The SMILES string of the molecule is CSCC(C)CNS(=O)(=O)c1cc(C#N)ccc1C. The van der Waals surface area contributed by atoms with E-state index in [1.165, 1.54) is 6.07 Å². The predicted octanol–water partition coefficient (Wildman–Crippen LogP) is 2.14. The van der Waals surface area contributed by atoms with Crippen LogP contribution < -0.4 is 4.72 Å². The van der Waals surface area contributed by atoms with Gasteiger partial charge in [-0.15, -0.1) is 0 Å². The van der Waals surface area contributed by atoms with Crippen LogP contribution in [0.1, 0.15) is 18.1 Å². The number of sulfonamides is 1. The van der Waals surface area contributed by atoms with E-state index >= 15 is 0 Å². The minimum atomic E-state index is -3.55. The average Bonchev–Trinajstić information content (AvgIpc) is 2.37. The molecule has 4 nitrogen and oxygen atoms in total. The molecule has 19 heavy (non-hydrogen) atoms. The standard InChI is InChI=1S/C13H18N2O2S2/c1-10(9-18-3)8-15-19(16,17)13-6-12(7-14)5-4-11(13)2/h4-6,10,15H,8-9H2,1-3H3. The first-order chi connectivity index (χ1) is 8.90. The number of benzene rings is 1. The van der Waals surface area contributed by atoms with Gasteiger partial charge in [-0.1, -0.05) is 13.0 Å². The molecule has 0 aromatic heterocycles. The summed E-state index contributed by atoms with van der Waals surface area (Å²) in [6, 6.07) is 6.64. The topological polar surface area (TPSA) is 70.0 Å². The van der Waals surface area contributed by atoms with Crippen LogP contribution in [0.25, 0.3) is 0 Å². The Balaban J connectivity index is 2.92. The van der Waals surface area contributed by atoms with Crippen LogP contribution in [0.2, 0.25) is 0 Å². The largest absolute Gasteiger partial charge is 0.240 e. The number of rotatable bonds is 6. The van der Waals surface area contributed by atoms with Gasteiger partial charge in [0.2, 0.25) is 10.0 Å². The zero-order valence-corrected chi connectivity index (χ0v) is 12.9. The van der Waals surface area contributed by atoms with Crippen LogP contribution in [0.5, 0.6) is 0 Å². The van der Waals surface area contributed by atoms with Crippen LogP contribution in [-0.4, -0.2) is 27.0 Å². The molecule has 1 aromatic rings. The summed E-state index contributed by atoms with van der Waals surface area (Å²) in [4.78, 5) is 0.183. The Bertz CT molecular complexity index is 577. The summed E-state index contributed by atoms with van der Waals surface area (Å²) >= 11 is 1.69. The van der Waals surface area contributed by atoms with Crippen molar-refractivity contribution in [3.05, 3.63) is 29.3 Å². The van der Waals surface area contributed by atoms with Crippen LogP contribution in [0.15, 0.2) is 23.1 Å². The normalized spacial score (nSPS) is 12.9. The number of hydrogen-bond acceptors (Lipinski definition) is 4. The van der Waals surface area contributed by atoms with E-state index in [0.29, 0.717) is 17.7 Å². The van der Waals surface area contributed by atoms with Crippen LogP contribution >= 0.6 is 11.8 Å². The molecule has 1 N–H and O–H groups in total. The number of hydrogen-bond donors (Lipinski definition) is 1. The van der Waals surface area contributed by atoms with Gasteiger partial charge in [0.15, 0.2) is 0 Å². The van der Waals surface area contributed by atoms with Crippen molar-refractivity contribution >= 4 is 21.8 Å². The van der Waals surface area contributed by atoms with Crippen LogP contribution in [0, 0.1) is 24.2 Å². The van der Waals surface area contributed by atoms with E-state index in [0.717, 1.165) is 5.75 Å². The van der Waals surface area contributed by atoms with Crippen molar-refractivity contribution in [2.45, 2.75) is 18.7 Å². The molecule has 104 valence electrons. The van der Waals surface area contributed by atoms with Crippen molar-refractivity contribution in [3.8, 4) is 6.07 Å². The predicted molar refractivity (Wildman–Crippen MR) is 78.6 cm³/mol. The second-order valence-electron chi connectivity index (χ2n) is 4.50. The fraction of sp³-hybridized carbons (Fsp3) is 0.462. The van der Waals surface area contributed by atoms with E-state index in [-0.39, 0.29) is 10.8 Å². The van der Waals surface area contributed by atoms with Gasteiger partial charge in [0.1, 0.15) is 0 Å². The monoisotopic (exact) mass is 298 g/mol. The third kappa shape index (κ3) is 4.53. The van der Waals surface area contributed by atoms with Crippen LogP contribution in [0.4, 0.5) is 0 Å². The van der Waals surface area contributed by atoms with Crippen molar-refractivity contribution in [1.82, 2.24) is 4.72 Å². The molecule has 0 saturated heterocycles. The lowest BCUT2D eigenvalue weighted by molar-refractivity contribution is 0.562. The Morgan fingerprint density at radius 3 is 2.74 bits per heavy atom. The van der Waals surface area contributed by atoms with Gasteiger partial charge in [-0.2, -0.15) is 17.0 Å². The summed E-state index contributed by atoms with van der Waals surface area (Å²) in [5.74, 6) is 1.17. The molecule has 6 heteroatoms. The van der Waals surface area contributed by atoms with E-state index in [9.17, 15) is 8.42 Å². The molecule has 0 aliphatic carbocycles. The molecule has 1 atom stereocenters. The zero-order chi connectivity index (χ0) is 14.5. The first kappa shape index (κ1) is 16.0. The maximum atomic E-state index is 12.2. The summed E-state index contributed by atoms with van der Waals surface area (Å²) in [6.45, 7) is 4.12. The Kier molecular flexibility index (Phi) is 5.85. The first-order valence-corrected chi connectivity index (χ1v) is 8.77. The highest BCUT2D eigenvalue weighted by Gasteiger charge is 2.18. The Morgan fingerprint density at radius 2 is 2.16 bits per heavy atom.